The van der Waals surface area contributed by atoms with Gasteiger partial charge in [0, 0.05) is 10.7 Å². The quantitative estimate of drug-likeness (QED) is 0.840. The summed E-state index contributed by atoms with van der Waals surface area (Å²) in [4.78, 5) is 12.2. The van der Waals surface area contributed by atoms with Crippen LogP contribution in [-0.2, 0) is 0 Å². The summed E-state index contributed by atoms with van der Waals surface area (Å²) in [5.41, 5.74) is 7.65. The number of amides is 1. The van der Waals surface area contributed by atoms with Gasteiger partial charge in [-0.3, -0.25) is 4.79 Å². The topological polar surface area (TPSA) is 55.1 Å². The number of anilines is 1. The summed E-state index contributed by atoms with van der Waals surface area (Å²) in [5, 5.41) is 3.72. The van der Waals surface area contributed by atoms with Gasteiger partial charge in [-0.05, 0) is 42.8 Å². The summed E-state index contributed by atoms with van der Waals surface area (Å²) in [6.45, 7) is 1.89. The number of halogens is 2. The number of hydrogen-bond donors (Lipinski definition) is 2. The largest absolute Gasteiger partial charge is 0.399 e. The zero-order valence-electron chi connectivity index (χ0n) is 10.9. The fraction of sp³-hybridized carbons (Fsp3) is 0.133. The average molecular weight is 309 g/mol. The predicted octanol–water partition coefficient (Wildman–Crippen LogP) is 4.07. The Bertz CT molecular complexity index is 626. The molecule has 0 spiro atoms. The van der Waals surface area contributed by atoms with Crippen LogP contribution in [-0.4, -0.2) is 5.91 Å². The first-order valence-corrected chi connectivity index (χ1v) is 6.84. The molecule has 1 unspecified atom stereocenters. The van der Waals surface area contributed by atoms with E-state index in [1.807, 2.05) is 19.1 Å². The Hall–Kier alpha value is -1.71. The van der Waals surface area contributed by atoms with Gasteiger partial charge >= 0.3 is 0 Å². The number of nitrogens with one attached hydrogen (secondary N) is 1. The van der Waals surface area contributed by atoms with Gasteiger partial charge in [0.2, 0.25) is 0 Å². The third-order valence-electron chi connectivity index (χ3n) is 2.96. The maximum Gasteiger partial charge on any atom is 0.253 e. The molecule has 3 N–H and O–H groups in total. The Labute approximate surface area is 127 Å². The Morgan fingerprint density at radius 3 is 2.45 bits per heavy atom. The first-order valence-electron chi connectivity index (χ1n) is 6.08. The van der Waals surface area contributed by atoms with Crippen LogP contribution in [0.2, 0.25) is 10.0 Å². The molecule has 0 aliphatic heterocycles. The lowest BCUT2D eigenvalue weighted by Gasteiger charge is -2.15. The van der Waals surface area contributed by atoms with Gasteiger partial charge in [-0.15, -0.1) is 0 Å². The van der Waals surface area contributed by atoms with E-state index in [4.69, 9.17) is 28.9 Å². The Morgan fingerprint density at radius 1 is 1.15 bits per heavy atom. The molecule has 2 aromatic carbocycles. The van der Waals surface area contributed by atoms with Gasteiger partial charge in [0.1, 0.15) is 0 Å². The van der Waals surface area contributed by atoms with E-state index in [-0.39, 0.29) is 11.9 Å². The minimum Gasteiger partial charge on any atom is -0.399 e. The monoisotopic (exact) mass is 308 g/mol. The van der Waals surface area contributed by atoms with Crippen molar-refractivity contribution in [1.29, 1.82) is 0 Å². The summed E-state index contributed by atoms with van der Waals surface area (Å²) in [7, 11) is 0. The molecule has 0 bridgehead atoms. The van der Waals surface area contributed by atoms with E-state index in [1.165, 1.54) is 0 Å². The van der Waals surface area contributed by atoms with Crippen LogP contribution in [0, 0.1) is 0 Å². The third-order valence-corrected chi connectivity index (χ3v) is 3.52. The summed E-state index contributed by atoms with van der Waals surface area (Å²) in [5.74, 6) is -0.262. The molecular weight excluding hydrogens is 295 g/mol. The molecule has 104 valence electrons. The normalized spacial score (nSPS) is 11.9. The van der Waals surface area contributed by atoms with Crippen molar-refractivity contribution < 1.29 is 4.79 Å². The van der Waals surface area contributed by atoms with Gasteiger partial charge in [-0.2, -0.15) is 0 Å². The predicted molar refractivity (Wildman–Crippen MR) is 83.2 cm³/mol. The molecule has 0 saturated carbocycles. The van der Waals surface area contributed by atoms with Crippen LogP contribution in [0.3, 0.4) is 0 Å². The summed E-state index contributed by atoms with van der Waals surface area (Å²) < 4.78 is 0. The minimum absolute atomic E-state index is 0.154. The summed E-state index contributed by atoms with van der Waals surface area (Å²) in [6, 6.07) is 12.0. The molecule has 2 rings (SSSR count). The van der Waals surface area contributed by atoms with Crippen molar-refractivity contribution >= 4 is 34.8 Å². The number of carbonyl (C=O) groups excluding carboxylic acids is 1. The van der Waals surface area contributed by atoms with E-state index in [1.54, 1.807) is 30.3 Å². The molecule has 1 amide bonds. The van der Waals surface area contributed by atoms with Gasteiger partial charge in [0.05, 0.1) is 16.6 Å². The van der Waals surface area contributed by atoms with E-state index in [0.717, 1.165) is 5.56 Å². The molecular formula is C15H14Cl2N2O. The molecule has 3 nitrogen and oxygen atoms in total. The molecule has 0 aliphatic rings. The van der Waals surface area contributed by atoms with Crippen molar-refractivity contribution in [2.75, 3.05) is 5.73 Å². The Kier molecular flexibility index (Phi) is 4.53. The summed E-state index contributed by atoms with van der Waals surface area (Å²) >= 11 is 11.9. The van der Waals surface area contributed by atoms with Crippen LogP contribution in [0.25, 0.3) is 0 Å². The fourth-order valence-corrected chi connectivity index (χ4v) is 2.19. The number of benzene rings is 2. The third kappa shape index (κ3) is 3.44. The van der Waals surface area contributed by atoms with Crippen molar-refractivity contribution in [3.63, 3.8) is 0 Å². The lowest BCUT2D eigenvalue weighted by molar-refractivity contribution is 0.0940. The first-order chi connectivity index (χ1) is 9.47. The number of nitrogen functional groups attached to an aromatic ring is 1. The van der Waals surface area contributed by atoms with Crippen LogP contribution in [0.4, 0.5) is 5.69 Å². The van der Waals surface area contributed by atoms with E-state index < -0.39 is 0 Å². The molecule has 0 radical (unpaired) electrons. The second-order valence-corrected chi connectivity index (χ2v) is 5.33. The van der Waals surface area contributed by atoms with Crippen molar-refractivity contribution in [3.05, 3.63) is 63.6 Å². The van der Waals surface area contributed by atoms with Crippen LogP contribution < -0.4 is 11.1 Å². The van der Waals surface area contributed by atoms with E-state index in [2.05, 4.69) is 5.32 Å². The molecule has 2 aromatic rings. The molecule has 5 heteroatoms. The molecule has 1 atom stereocenters. The number of carbonyl (C=O) groups is 1. The van der Waals surface area contributed by atoms with Crippen molar-refractivity contribution in [3.8, 4) is 0 Å². The molecule has 0 fully saturated rings. The van der Waals surface area contributed by atoms with Crippen molar-refractivity contribution in [2.24, 2.45) is 0 Å². The first kappa shape index (κ1) is 14.7. The SMILES string of the molecule is CC(NC(=O)c1cc(Cl)ccc1Cl)c1ccc(N)cc1. The average Bonchev–Trinajstić information content (AvgIpc) is 2.42. The molecule has 0 aliphatic carbocycles. The van der Waals surface area contributed by atoms with Gasteiger partial charge < -0.3 is 11.1 Å². The second-order valence-electron chi connectivity index (χ2n) is 4.49. The van der Waals surface area contributed by atoms with Crippen LogP contribution in [0.15, 0.2) is 42.5 Å². The van der Waals surface area contributed by atoms with Crippen molar-refractivity contribution in [1.82, 2.24) is 5.32 Å². The lowest BCUT2D eigenvalue weighted by Crippen LogP contribution is -2.26. The Morgan fingerprint density at radius 2 is 1.80 bits per heavy atom. The maximum atomic E-state index is 12.2. The standard InChI is InChI=1S/C15H14Cl2N2O/c1-9(10-2-5-12(18)6-3-10)19-15(20)13-8-11(16)4-7-14(13)17/h2-9H,18H2,1H3,(H,19,20). The highest BCUT2D eigenvalue weighted by Gasteiger charge is 2.14. The smallest absolute Gasteiger partial charge is 0.253 e. The zero-order valence-corrected chi connectivity index (χ0v) is 12.4. The molecule has 0 saturated heterocycles. The zero-order chi connectivity index (χ0) is 14.7. The molecule has 20 heavy (non-hydrogen) atoms. The lowest BCUT2D eigenvalue weighted by atomic mass is 10.1. The summed E-state index contributed by atoms with van der Waals surface area (Å²) in [6.07, 6.45) is 0. The highest BCUT2D eigenvalue weighted by Crippen LogP contribution is 2.22. The van der Waals surface area contributed by atoms with Gasteiger partial charge in [0.25, 0.3) is 5.91 Å². The molecule has 0 aromatic heterocycles. The number of nitrogens with two attached hydrogens (primary N) is 1. The Balaban J connectivity index is 2.15. The van der Waals surface area contributed by atoms with Crippen LogP contribution >= 0.6 is 23.2 Å². The van der Waals surface area contributed by atoms with E-state index in [0.29, 0.717) is 21.3 Å². The van der Waals surface area contributed by atoms with Gasteiger partial charge in [-0.1, -0.05) is 35.3 Å². The van der Waals surface area contributed by atoms with Crippen LogP contribution in [0.1, 0.15) is 28.9 Å². The maximum absolute atomic E-state index is 12.2. The minimum atomic E-state index is -0.262. The molecule has 0 heterocycles. The highest BCUT2D eigenvalue weighted by atomic mass is 35.5. The fourth-order valence-electron chi connectivity index (χ4n) is 1.81. The van der Waals surface area contributed by atoms with Gasteiger partial charge in [-0.25, -0.2) is 0 Å². The van der Waals surface area contributed by atoms with Gasteiger partial charge in [0.15, 0.2) is 0 Å². The van der Waals surface area contributed by atoms with E-state index in [9.17, 15) is 4.79 Å². The number of rotatable bonds is 3. The second kappa shape index (κ2) is 6.16. The van der Waals surface area contributed by atoms with E-state index >= 15 is 0 Å². The highest BCUT2D eigenvalue weighted by molar-refractivity contribution is 6.35. The van der Waals surface area contributed by atoms with Crippen molar-refractivity contribution in [2.45, 2.75) is 13.0 Å². The number of hydrogen-bond acceptors (Lipinski definition) is 2. The van der Waals surface area contributed by atoms with Crippen LogP contribution in [0.5, 0.6) is 0 Å².